The fourth-order valence-corrected chi connectivity index (χ4v) is 3.39. The number of anilines is 2. The third kappa shape index (κ3) is 2.83. The summed E-state index contributed by atoms with van der Waals surface area (Å²) < 4.78 is 39.3. The lowest BCUT2D eigenvalue weighted by atomic mass is 9.92. The number of hydrogen-bond donors (Lipinski definition) is 1. The van der Waals surface area contributed by atoms with Crippen LogP contribution in [0.4, 0.5) is 24.5 Å². The van der Waals surface area contributed by atoms with E-state index < -0.39 is 23.3 Å². The van der Waals surface area contributed by atoms with Gasteiger partial charge in [0.1, 0.15) is 5.76 Å². The van der Waals surface area contributed by atoms with E-state index in [0.29, 0.717) is 16.8 Å². The predicted octanol–water partition coefficient (Wildman–Crippen LogP) is 5.39. The van der Waals surface area contributed by atoms with Crippen LogP contribution in [0.5, 0.6) is 0 Å². The van der Waals surface area contributed by atoms with Crippen molar-refractivity contribution in [3.8, 4) is 0 Å². The fourth-order valence-electron chi connectivity index (χ4n) is 3.39. The third-order valence-electron chi connectivity index (χ3n) is 4.64. The van der Waals surface area contributed by atoms with Crippen LogP contribution < -0.4 is 4.90 Å². The van der Waals surface area contributed by atoms with E-state index in [4.69, 9.17) is 0 Å². The summed E-state index contributed by atoms with van der Waals surface area (Å²) in [6.07, 6.45) is -5.06. The molecule has 3 aromatic carbocycles. The predicted molar refractivity (Wildman–Crippen MR) is 98.0 cm³/mol. The SMILES string of the molecule is O=C(C1=C(O)c2c(ccc3ccccc23)N(c2ccccc2)C1)C(F)(F)F. The largest absolute Gasteiger partial charge is 0.507 e. The molecule has 4 rings (SSSR count). The maximum Gasteiger partial charge on any atom is 0.454 e. The number of aliphatic hydroxyl groups is 1. The van der Waals surface area contributed by atoms with Gasteiger partial charge in [-0.15, -0.1) is 0 Å². The zero-order valence-corrected chi connectivity index (χ0v) is 14.0. The van der Waals surface area contributed by atoms with Crippen LogP contribution in [-0.4, -0.2) is 23.6 Å². The summed E-state index contributed by atoms with van der Waals surface area (Å²) in [6, 6.07) is 19.5. The second kappa shape index (κ2) is 6.16. The highest BCUT2D eigenvalue weighted by molar-refractivity contribution is 6.11. The van der Waals surface area contributed by atoms with Crippen molar-refractivity contribution in [2.45, 2.75) is 6.18 Å². The van der Waals surface area contributed by atoms with Crippen molar-refractivity contribution in [2.75, 3.05) is 11.4 Å². The Morgan fingerprint density at radius 1 is 0.926 bits per heavy atom. The number of benzene rings is 3. The Labute approximate surface area is 153 Å². The number of hydrogen-bond acceptors (Lipinski definition) is 3. The van der Waals surface area contributed by atoms with Crippen molar-refractivity contribution in [2.24, 2.45) is 0 Å². The summed E-state index contributed by atoms with van der Waals surface area (Å²) in [5.41, 5.74) is 0.760. The quantitative estimate of drug-likeness (QED) is 0.658. The Morgan fingerprint density at radius 2 is 1.59 bits per heavy atom. The molecule has 6 heteroatoms. The number of rotatable bonds is 2. The zero-order chi connectivity index (χ0) is 19.2. The van der Waals surface area contributed by atoms with Gasteiger partial charge in [0.05, 0.1) is 17.8 Å². The average molecular weight is 369 g/mol. The molecule has 1 N–H and O–H groups in total. The maximum atomic E-state index is 13.1. The molecular weight excluding hydrogens is 355 g/mol. The van der Waals surface area contributed by atoms with Gasteiger partial charge in [0.2, 0.25) is 0 Å². The van der Waals surface area contributed by atoms with Gasteiger partial charge in [0, 0.05) is 11.3 Å². The molecule has 0 aliphatic carbocycles. The minimum Gasteiger partial charge on any atom is -0.507 e. The summed E-state index contributed by atoms with van der Waals surface area (Å²) >= 11 is 0. The van der Waals surface area contributed by atoms with E-state index in [0.717, 1.165) is 5.39 Å². The number of carbonyl (C=O) groups is 1. The van der Waals surface area contributed by atoms with Crippen molar-refractivity contribution in [1.29, 1.82) is 0 Å². The van der Waals surface area contributed by atoms with E-state index in [1.807, 2.05) is 6.07 Å². The topological polar surface area (TPSA) is 40.5 Å². The van der Waals surface area contributed by atoms with Crippen molar-refractivity contribution >= 4 is 33.7 Å². The first-order valence-electron chi connectivity index (χ1n) is 8.26. The van der Waals surface area contributed by atoms with Gasteiger partial charge in [-0.1, -0.05) is 48.5 Å². The fraction of sp³-hybridized carbons (Fsp3) is 0.0952. The summed E-state index contributed by atoms with van der Waals surface area (Å²) in [4.78, 5) is 13.6. The van der Waals surface area contributed by atoms with Crippen LogP contribution in [0.15, 0.2) is 72.3 Å². The van der Waals surface area contributed by atoms with Gasteiger partial charge in [-0.3, -0.25) is 4.79 Å². The second-order valence-corrected chi connectivity index (χ2v) is 6.26. The molecule has 0 radical (unpaired) electrons. The van der Waals surface area contributed by atoms with Gasteiger partial charge in [-0.05, 0) is 29.0 Å². The van der Waals surface area contributed by atoms with Crippen molar-refractivity contribution in [3.63, 3.8) is 0 Å². The first-order valence-corrected chi connectivity index (χ1v) is 8.26. The molecule has 1 heterocycles. The highest BCUT2D eigenvalue weighted by atomic mass is 19.4. The molecule has 0 fully saturated rings. The molecular formula is C21H14F3NO2. The number of halogens is 3. The maximum absolute atomic E-state index is 13.1. The lowest BCUT2D eigenvalue weighted by Crippen LogP contribution is -2.34. The van der Waals surface area contributed by atoms with Gasteiger partial charge in [-0.2, -0.15) is 13.2 Å². The monoisotopic (exact) mass is 369 g/mol. The van der Waals surface area contributed by atoms with Crippen LogP contribution in [-0.2, 0) is 4.79 Å². The molecule has 27 heavy (non-hydrogen) atoms. The Kier molecular flexibility index (Phi) is 3.91. The first kappa shape index (κ1) is 17.1. The number of ketones is 1. The average Bonchev–Trinajstić information content (AvgIpc) is 2.67. The molecule has 0 amide bonds. The lowest BCUT2D eigenvalue weighted by Gasteiger charge is -2.33. The molecule has 0 saturated heterocycles. The highest BCUT2D eigenvalue weighted by Gasteiger charge is 2.44. The van der Waals surface area contributed by atoms with E-state index in [1.54, 1.807) is 65.6 Å². The van der Waals surface area contributed by atoms with Crippen LogP contribution in [0.3, 0.4) is 0 Å². The van der Waals surface area contributed by atoms with E-state index in [2.05, 4.69) is 0 Å². The van der Waals surface area contributed by atoms with Gasteiger partial charge < -0.3 is 10.0 Å². The molecule has 0 atom stereocenters. The number of alkyl halides is 3. The Balaban J connectivity index is 2.02. The summed E-state index contributed by atoms with van der Waals surface area (Å²) in [6.45, 7) is -0.362. The van der Waals surface area contributed by atoms with Crippen LogP contribution in [0.2, 0.25) is 0 Å². The molecule has 136 valence electrons. The van der Waals surface area contributed by atoms with Crippen LogP contribution in [0.1, 0.15) is 5.56 Å². The van der Waals surface area contributed by atoms with Crippen molar-refractivity contribution in [3.05, 3.63) is 77.9 Å². The van der Waals surface area contributed by atoms with E-state index in [-0.39, 0.29) is 12.1 Å². The standard InChI is InChI=1S/C21H14F3NO2/c22-21(23,24)20(27)16-12-25(14-7-2-1-3-8-14)17-11-10-13-6-4-5-9-15(13)18(17)19(16)26/h1-11,26H,12H2. The molecule has 0 spiro atoms. The summed E-state index contributed by atoms with van der Waals surface area (Å²) in [7, 11) is 0. The molecule has 1 aliphatic heterocycles. The third-order valence-corrected chi connectivity index (χ3v) is 4.64. The molecule has 0 unspecified atom stereocenters. The number of carbonyl (C=O) groups excluding carboxylic acids is 1. The van der Waals surface area contributed by atoms with Gasteiger partial charge >= 0.3 is 6.18 Å². The number of fused-ring (bicyclic) bond motifs is 3. The highest BCUT2D eigenvalue weighted by Crippen LogP contribution is 2.43. The molecule has 1 aliphatic rings. The number of nitrogens with zero attached hydrogens (tertiary/aromatic N) is 1. The van der Waals surface area contributed by atoms with E-state index in [1.165, 1.54) is 0 Å². The van der Waals surface area contributed by atoms with Gasteiger partial charge in [0.25, 0.3) is 5.78 Å². The normalized spacial score (nSPS) is 14.4. The van der Waals surface area contributed by atoms with Crippen molar-refractivity contribution in [1.82, 2.24) is 0 Å². The molecule has 3 nitrogen and oxygen atoms in total. The Bertz CT molecular complexity index is 1070. The minimum absolute atomic E-state index is 0.232. The first-order chi connectivity index (χ1) is 12.9. The Morgan fingerprint density at radius 3 is 2.30 bits per heavy atom. The lowest BCUT2D eigenvalue weighted by molar-refractivity contribution is -0.166. The van der Waals surface area contributed by atoms with Crippen molar-refractivity contribution < 1.29 is 23.1 Å². The van der Waals surface area contributed by atoms with E-state index >= 15 is 0 Å². The van der Waals surface area contributed by atoms with Gasteiger partial charge in [0.15, 0.2) is 0 Å². The number of para-hydroxylation sites is 1. The van der Waals surface area contributed by atoms with Gasteiger partial charge in [-0.25, -0.2) is 0 Å². The Hall–Kier alpha value is -3.28. The van der Waals surface area contributed by atoms with E-state index in [9.17, 15) is 23.1 Å². The molecule has 3 aromatic rings. The zero-order valence-electron chi connectivity index (χ0n) is 14.0. The summed E-state index contributed by atoms with van der Waals surface area (Å²) in [5, 5.41) is 12.0. The minimum atomic E-state index is -5.06. The van der Waals surface area contributed by atoms with Crippen LogP contribution in [0.25, 0.3) is 16.5 Å². The molecule has 0 bridgehead atoms. The number of aliphatic hydroxyl groups excluding tert-OH is 1. The second-order valence-electron chi connectivity index (χ2n) is 6.26. The number of Topliss-reactive ketones (excluding diaryl/α,β-unsaturated/α-hetero) is 1. The summed E-state index contributed by atoms with van der Waals surface area (Å²) in [5.74, 6) is -2.64. The van der Waals surface area contributed by atoms with Crippen LogP contribution in [0, 0.1) is 0 Å². The molecule has 0 saturated carbocycles. The van der Waals surface area contributed by atoms with Crippen LogP contribution >= 0.6 is 0 Å². The molecule has 0 aromatic heterocycles. The smallest absolute Gasteiger partial charge is 0.454 e.